The van der Waals surface area contributed by atoms with E-state index in [1.165, 1.54) is 0 Å². The fraction of sp³-hybridized carbons (Fsp3) is 0.353. The quantitative estimate of drug-likeness (QED) is 0.847. The van der Waals surface area contributed by atoms with Crippen molar-refractivity contribution in [1.82, 2.24) is 10.2 Å². The number of hydrogen-bond acceptors (Lipinski definition) is 3. The maximum Gasteiger partial charge on any atom is 0.242 e. The first kappa shape index (κ1) is 14.0. The first-order valence-electron chi connectivity index (χ1n) is 7.71. The Balaban J connectivity index is 2.03. The summed E-state index contributed by atoms with van der Waals surface area (Å²) in [4.78, 5) is 27.0. The van der Waals surface area contributed by atoms with E-state index in [4.69, 9.17) is 0 Å². The molecule has 0 aliphatic carbocycles. The van der Waals surface area contributed by atoms with Gasteiger partial charge in [-0.25, -0.2) is 0 Å². The van der Waals surface area contributed by atoms with Crippen LogP contribution in [0.3, 0.4) is 0 Å². The van der Waals surface area contributed by atoms with Crippen molar-refractivity contribution >= 4 is 23.3 Å². The number of carbonyl (C=O) groups is 2. The molecule has 1 aromatic carbocycles. The number of aromatic amines is 1. The minimum Gasteiger partial charge on any atom is -0.314 e. The molecule has 0 saturated carbocycles. The summed E-state index contributed by atoms with van der Waals surface area (Å²) in [5, 5.41) is 9.59. The molecule has 0 unspecified atom stereocenters. The van der Waals surface area contributed by atoms with Gasteiger partial charge in [-0.15, -0.1) is 0 Å². The lowest BCUT2D eigenvalue weighted by Crippen LogP contribution is -2.45. The molecule has 2 N–H and O–H groups in total. The van der Waals surface area contributed by atoms with Crippen molar-refractivity contribution in [1.29, 1.82) is 0 Å². The molecule has 118 valence electrons. The second kappa shape index (κ2) is 4.44. The molecule has 2 aliphatic rings. The molecule has 2 amide bonds. The van der Waals surface area contributed by atoms with Crippen molar-refractivity contribution in [2.45, 2.75) is 31.6 Å². The third-order valence-electron chi connectivity index (χ3n) is 4.97. The summed E-state index contributed by atoms with van der Waals surface area (Å²) in [5.41, 5.74) is 2.69. The van der Waals surface area contributed by atoms with Crippen LogP contribution in [-0.2, 0) is 15.0 Å². The molecule has 0 saturated heterocycles. The maximum atomic E-state index is 13.1. The van der Waals surface area contributed by atoms with Crippen molar-refractivity contribution < 1.29 is 9.59 Å². The van der Waals surface area contributed by atoms with Crippen LogP contribution in [0, 0.1) is 0 Å². The molecule has 4 rings (SSSR count). The summed E-state index contributed by atoms with van der Waals surface area (Å²) < 4.78 is 0. The highest BCUT2D eigenvalue weighted by Crippen LogP contribution is 2.51. The van der Waals surface area contributed by atoms with E-state index in [0.29, 0.717) is 11.7 Å². The van der Waals surface area contributed by atoms with E-state index in [2.05, 4.69) is 35.4 Å². The van der Waals surface area contributed by atoms with E-state index in [1.807, 2.05) is 12.1 Å². The van der Waals surface area contributed by atoms with E-state index in [9.17, 15) is 9.59 Å². The van der Waals surface area contributed by atoms with E-state index < -0.39 is 5.41 Å². The lowest BCUT2D eigenvalue weighted by molar-refractivity contribution is -0.126. The van der Waals surface area contributed by atoms with Gasteiger partial charge in [0.05, 0.1) is 6.20 Å². The molecule has 1 spiro atoms. The third-order valence-corrected chi connectivity index (χ3v) is 4.97. The van der Waals surface area contributed by atoms with Gasteiger partial charge in [0.1, 0.15) is 11.2 Å². The van der Waals surface area contributed by atoms with Crippen LogP contribution < -0.4 is 10.2 Å². The van der Waals surface area contributed by atoms with E-state index >= 15 is 0 Å². The number of fused-ring (bicyclic) bond motifs is 4. The summed E-state index contributed by atoms with van der Waals surface area (Å²) in [7, 11) is 1.76. The van der Waals surface area contributed by atoms with E-state index in [1.54, 1.807) is 18.1 Å². The fourth-order valence-corrected chi connectivity index (χ4v) is 3.71. The number of H-pyrrole nitrogens is 1. The molecule has 1 atom stereocenters. The van der Waals surface area contributed by atoms with Gasteiger partial charge in [-0.1, -0.05) is 26.0 Å². The number of amides is 2. The molecule has 0 fully saturated rings. The molecule has 0 bridgehead atoms. The molecule has 6 nitrogen and oxygen atoms in total. The Morgan fingerprint density at radius 2 is 2.04 bits per heavy atom. The molecule has 6 heteroatoms. The lowest BCUT2D eigenvalue weighted by Gasteiger charge is -2.31. The van der Waals surface area contributed by atoms with Gasteiger partial charge in [0.15, 0.2) is 0 Å². The predicted octanol–water partition coefficient (Wildman–Crippen LogP) is 2.14. The highest BCUT2D eigenvalue weighted by Gasteiger charge is 2.55. The van der Waals surface area contributed by atoms with Crippen molar-refractivity contribution in [3.8, 4) is 0 Å². The number of anilines is 2. The van der Waals surface area contributed by atoms with Crippen molar-refractivity contribution in [3.63, 3.8) is 0 Å². The number of carbonyl (C=O) groups excluding carboxylic acids is 2. The molecule has 0 radical (unpaired) electrons. The van der Waals surface area contributed by atoms with Crippen LogP contribution in [0.25, 0.3) is 0 Å². The summed E-state index contributed by atoms with van der Waals surface area (Å²) >= 11 is 0. The Labute approximate surface area is 133 Å². The fourth-order valence-electron chi connectivity index (χ4n) is 3.71. The van der Waals surface area contributed by atoms with Crippen LogP contribution in [0.15, 0.2) is 24.4 Å². The van der Waals surface area contributed by atoms with Crippen LogP contribution >= 0.6 is 0 Å². The molecule has 3 heterocycles. The molecular formula is C17H18N4O2. The average Bonchev–Trinajstić information content (AvgIpc) is 3.06. The number of benzene rings is 1. The first-order chi connectivity index (χ1) is 10.9. The van der Waals surface area contributed by atoms with Gasteiger partial charge < -0.3 is 10.2 Å². The molecule has 2 aliphatic heterocycles. The number of nitrogens with zero attached hydrogens (tertiary/aromatic N) is 2. The minimum atomic E-state index is -0.973. The highest BCUT2D eigenvalue weighted by molar-refractivity contribution is 6.15. The van der Waals surface area contributed by atoms with Crippen LogP contribution in [0.4, 0.5) is 11.5 Å². The zero-order valence-electron chi connectivity index (χ0n) is 13.3. The van der Waals surface area contributed by atoms with Gasteiger partial charge in [0, 0.05) is 24.7 Å². The second-order valence-electron chi connectivity index (χ2n) is 6.58. The Morgan fingerprint density at radius 3 is 2.78 bits per heavy atom. The van der Waals surface area contributed by atoms with Crippen molar-refractivity contribution in [2.75, 3.05) is 17.3 Å². The summed E-state index contributed by atoms with van der Waals surface area (Å²) in [6.45, 7) is 4.23. The number of hydrogen-bond donors (Lipinski definition) is 2. The zero-order chi connectivity index (χ0) is 16.4. The van der Waals surface area contributed by atoms with Gasteiger partial charge in [0.2, 0.25) is 11.8 Å². The van der Waals surface area contributed by atoms with Crippen LogP contribution in [0.5, 0.6) is 0 Å². The van der Waals surface area contributed by atoms with Gasteiger partial charge in [-0.2, -0.15) is 5.10 Å². The Morgan fingerprint density at radius 1 is 1.26 bits per heavy atom. The monoisotopic (exact) mass is 310 g/mol. The molecule has 2 aromatic rings. The Kier molecular flexibility index (Phi) is 2.70. The van der Waals surface area contributed by atoms with Gasteiger partial charge >= 0.3 is 0 Å². The molecule has 1 aromatic heterocycles. The Bertz CT molecular complexity index is 839. The largest absolute Gasteiger partial charge is 0.314 e. The minimum absolute atomic E-state index is 0.0779. The number of rotatable bonds is 1. The van der Waals surface area contributed by atoms with Crippen molar-refractivity contribution in [3.05, 3.63) is 41.1 Å². The zero-order valence-corrected chi connectivity index (χ0v) is 13.3. The van der Waals surface area contributed by atoms with Crippen LogP contribution in [0.2, 0.25) is 0 Å². The smallest absolute Gasteiger partial charge is 0.242 e. The summed E-state index contributed by atoms with van der Waals surface area (Å²) in [6.07, 6.45) is 1.76. The van der Waals surface area contributed by atoms with Crippen LogP contribution in [-0.4, -0.2) is 29.1 Å². The molecule has 23 heavy (non-hydrogen) atoms. The first-order valence-corrected chi connectivity index (χ1v) is 7.71. The predicted molar refractivity (Wildman–Crippen MR) is 86.6 cm³/mol. The average molecular weight is 310 g/mol. The SMILES string of the molecule is CC(C)c1ccc2c(c1)[C@]1(CC(=O)Nc3[nH]ncc31)C(=O)N2C. The second-order valence-corrected chi connectivity index (χ2v) is 6.58. The highest BCUT2D eigenvalue weighted by atomic mass is 16.2. The van der Waals surface area contributed by atoms with E-state index in [-0.39, 0.29) is 18.2 Å². The normalized spacial score (nSPS) is 22.5. The molecular weight excluding hydrogens is 292 g/mol. The van der Waals surface area contributed by atoms with E-state index in [0.717, 1.165) is 22.4 Å². The van der Waals surface area contributed by atoms with Gasteiger partial charge in [0.25, 0.3) is 0 Å². The van der Waals surface area contributed by atoms with Gasteiger partial charge in [-0.3, -0.25) is 14.7 Å². The van der Waals surface area contributed by atoms with Crippen molar-refractivity contribution in [2.24, 2.45) is 0 Å². The standard InChI is InChI=1S/C17H18N4O2/c1-9(2)10-4-5-13-11(6-10)17(16(23)21(13)3)7-14(22)19-15-12(17)8-18-20-15/h4-6,8-9H,7H2,1-3H3,(H2,18,19,20,22)/t17-/m0/s1. The topological polar surface area (TPSA) is 78.1 Å². The Hall–Kier alpha value is -2.63. The summed E-state index contributed by atoms with van der Waals surface area (Å²) in [5.74, 6) is 0.614. The number of likely N-dealkylation sites (N-methyl/N-ethyl adjacent to an activating group) is 1. The summed E-state index contributed by atoms with van der Waals surface area (Å²) in [6, 6.07) is 6.09. The third kappa shape index (κ3) is 1.66. The number of aromatic nitrogens is 2. The lowest BCUT2D eigenvalue weighted by atomic mass is 9.71. The number of nitrogens with one attached hydrogen (secondary N) is 2. The van der Waals surface area contributed by atoms with Crippen LogP contribution in [0.1, 0.15) is 42.9 Å². The maximum absolute atomic E-state index is 13.1. The van der Waals surface area contributed by atoms with Gasteiger partial charge in [-0.05, 0) is 23.1 Å².